The molecule has 0 amide bonds. The molecule has 1 heterocycles. The average Bonchev–Trinajstić information content (AvgIpc) is 2.27. The third-order valence-corrected chi connectivity index (χ3v) is 3.29. The fourth-order valence-corrected chi connectivity index (χ4v) is 2.04. The minimum Gasteiger partial charge on any atom is -0.426 e. The Morgan fingerprint density at radius 1 is 1.40 bits per heavy atom. The molecule has 0 atom stereocenters. The summed E-state index contributed by atoms with van der Waals surface area (Å²) >= 11 is 3.42. The molecule has 0 unspecified atom stereocenters. The molecule has 0 aromatic heterocycles. The van der Waals surface area contributed by atoms with Gasteiger partial charge in [-0.25, -0.2) is 0 Å². The van der Waals surface area contributed by atoms with Crippen molar-refractivity contribution in [3.8, 4) is 5.75 Å². The molecule has 0 spiro atoms. The Labute approximate surface area is 97.8 Å². The zero-order valence-electron chi connectivity index (χ0n) is 8.84. The third-order valence-electron chi connectivity index (χ3n) is 2.80. The number of aryl methyl sites for hydroxylation is 1. The highest BCUT2D eigenvalue weighted by Gasteiger charge is 2.32. The highest BCUT2D eigenvalue weighted by Crippen LogP contribution is 2.34. The normalized spacial score (nSPS) is 19.0. The fourth-order valence-electron chi connectivity index (χ4n) is 1.63. The molecule has 15 heavy (non-hydrogen) atoms. The first kappa shape index (κ1) is 10.7. The zero-order valence-corrected chi connectivity index (χ0v) is 10.4. The lowest BCUT2D eigenvalue weighted by Crippen LogP contribution is -2.27. The summed E-state index contributed by atoms with van der Waals surface area (Å²) in [6, 6.07) is 5.76. The second-order valence-electron chi connectivity index (χ2n) is 4.53. The molecule has 1 aliphatic heterocycles. The van der Waals surface area contributed by atoms with Crippen LogP contribution in [0.25, 0.3) is 0 Å². The molecular weight excluding hydrogens is 256 g/mol. The number of esters is 1. The van der Waals surface area contributed by atoms with E-state index >= 15 is 0 Å². The first-order valence-electron chi connectivity index (χ1n) is 5.00. The van der Waals surface area contributed by atoms with Crippen molar-refractivity contribution in [1.29, 1.82) is 0 Å². The van der Waals surface area contributed by atoms with Gasteiger partial charge in [-0.2, -0.15) is 0 Å². The average molecular weight is 269 g/mol. The van der Waals surface area contributed by atoms with Crippen molar-refractivity contribution in [2.75, 3.05) is 0 Å². The van der Waals surface area contributed by atoms with Crippen LogP contribution in [-0.2, 0) is 11.2 Å². The fraction of sp³-hybridized carbons (Fsp3) is 0.417. The van der Waals surface area contributed by atoms with Crippen LogP contribution in [0.4, 0.5) is 0 Å². The van der Waals surface area contributed by atoms with Crippen LogP contribution in [0, 0.1) is 5.41 Å². The van der Waals surface area contributed by atoms with E-state index in [-0.39, 0.29) is 11.4 Å². The first-order chi connectivity index (χ1) is 6.99. The Kier molecular flexibility index (Phi) is 2.59. The maximum atomic E-state index is 11.7. The minimum atomic E-state index is -0.383. The monoisotopic (exact) mass is 268 g/mol. The predicted molar refractivity (Wildman–Crippen MR) is 61.9 cm³/mol. The first-order valence-corrected chi connectivity index (χ1v) is 5.79. The van der Waals surface area contributed by atoms with E-state index in [2.05, 4.69) is 15.9 Å². The molecule has 1 aromatic carbocycles. The quantitative estimate of drug-likeness (QED) is 0.533. The molecule has 80 valence electrons. The van der Waals surface area contributed by atoms with Gasteiger partial charge in [-0.1, -0.05) is 15.9 Å². The van der Waals surface area contributed by atoms with E-state index in [4.69, 9.17) is 4.74 Å². The summed E-state index contributed by atoms with van der Waals surface area (Å²) in [4.78, 5) is 11.7. The molecule has 0 saturated heterocycles. The number of rotatable bonds is 0. The van der Waals surface area contributed by atoms with E-state index in [9.17, 15) is 4.79 Å². The molecule has 0 aliphatic carbocycles. The van der Waals surface area contributed by atoms with Gasteiger partial charge in [-0.05, 0) is 50.5 Å². The number of fused-ring (bicyclic) bond motifs is 1. The second-order valence-corrected chi connectivity index (χ2v) is 5.44. The molecule has 1 aromatic rings. The molecule has 0 fully saturated rings. The smallest absolute Gasteiger partial charge is 0.316 e. The van der Waals surface area contributed by atoms with Crippen molar-refractivity contribution in [2.45, 2.75) is 26.7 Å². The molecule has 2 nitrogen and oxygen atoms in total. The molecule has 3 heteroatoms. The number of ether oxygens (including phenoxy) is 1. The Morgan fingerprint density at radius 2 is 2.13 bits per heavy atom. The number of carbonyl (C=O) groups is 1. The Balaban J connectivity index is 2.40. The van der Waals surface area contributed by atoms with Crippen LogP contribution in [0.3, 0.4) is 0 Å². The Morgan fingerprint density at radius 3 is 2.87 bits per heavy atom. The SMILES string of the molecule is CC1(C)CCc2cc(Br)ccc2OC1=O. The van der Waals surface area contributed by atoms with Crippen LogP contribution in [0.2, 0.25) is 0 Å². The molecular formula is C12H13BrO2. The maximum absolute atomic E-state index is 11.7. The minimum absolute atomic E-state index is 0.136. The zero-order chi connectivity index (χ0) is 11.1. The van der Waals surface area contributed by atoms with Crippen LogP contribution in [0.5, 0.6) is 5.75 Å². The number of benzene rings is 1. The van der Waals surface area contributed by atoms with Crippen molar-refractivity contribution in [3.05, 3.63) is 28.2 Å². The molecule has 0 bridgehead atoms. The number of hydrogen-bond donors (Lipinski definition) is 0. The van der Waals surface area contributed by atoms with Crippen molar-refractivity contribution in [1.82, 2.24) is 0 Å². The lowest BCUT2D eigenvalue weighted by molar-refractivity contribution is -0.143. The molecule has 0 radical (unpaired) electrons. The van der Waals surface area contributed by atoms with Gasteiger partial charge in [0, 0.05) is 4.47 Å². The van der Waals surface area contributed by atoms with E-state index < -0.39 is 0 Å². The van der Waals surface area contributed by atoms with E-state index in [0.717, 1.165) is 22.9 Å². The summed E-state index contributed by atoms with van der Waals surface area (Å²) in [5.41, 5.74) is 0.717. The Hall–Kier alpha value is -0.830. The van der Waals surface area contributed by atoms with Gasteiger partial charge in [0.1, 0.15) is 5.75 Å². The summed E-state index contributed by atoms with van der Waals surface area (Å²) in [6.45, 7) is 3.85. The molecule has 1 aliphatic rings. The maximum Gasteiger partial charge on any atom is 0.316 e. The molecule has 0 saturated carbocycles. The number of carbonyl (C=O) groups excluding carboxylic acids is 1. The highest BCUT2D eigenvalue weighted by molar-refractivity contribution is 9.10. The van der Waals surface area contributed by atoms with Gasteiger partial charge in [0.25, 0.3) is 0 Å². The van der Waals surface area contributed by atoms with Crippen LogP contribution >= 0.6 is 15.9 Å². The standard InChI is InChI=1S/C12H13BrO2/c1-12(2)6-5-8-7-9(13)3-4-10(8)15-11(12)14/h3-4,7H,5-6H2,1-2H3. The number of halogens is 1. The lowest BCUT2D eigenvalue weighted by Gasteiger charge is -2.18. The van der Waals surface area contributed by atoms with Crippen LogP contribution < -0.4 is 4.74 Å². The van der Waals surface area contributed by atoms with Gasteiger partial charge in [0.2, 0.25) is 0 Å². The van der Waals surface area contributed by atoms with Crippen molar-refractivity contribution in [2.24, 2.45) is 5.41 Å². The van der Waals surface area contributed by atoms with Crippen LogP contribution in [0.1, 0.15) is 25.8 Å². The van der Waals surface area contributed by atoms with Crippen molar-refractivity contribution in [3.63, 3.8) is 0 Å². The van der Waals surface area contributed by atoms with E-state index in [0.29, 0.717) is 5.75 Å². The largest absolute Gasteiger partial charge is 0.426 e. The van der Waals surface area contributed by atoms with Crippen molar-refractivity contribution >= 4 is 21.9 Å². The van der Waals surface area contributed by atoms with Gasteiger partial charge >= 0.3 is 5.97 Å². The summed E-state index contributed by atoms with van der Waals surface area (Å²) in [5.74, 6) is 0.567. The van der Waals surface area contributed by atoms with E-state index in [1.807, 2.05) is 32.0 Å². The van der Waals surface area contributed by atoms with Crippen LogP contribution in [0.15, 0.2) is 22.7 Å². The third kappa shape index (κ3) is 2.07. The van der Waals surface area contributed by atoms with Crippen LogP contribution in [-0.4, -0.2) is 5.97 Å². The predicted octanol–water partition coefficient (Wildman–Crippen LogP) is 3.33. The van der Waals surface area contributed by atoms with Gasteiger partial charge in [-0.3, -0.25) is 4.79 Å². The van der Waals surface area contributed by atoms with Gasteiger partial charge in [0.15, 0.2) is 0 Å². The molecule has 0 N–H and O–H groups in total. The summed E-state index contributed by atoms with van der Waals surface area (Å²) < 4.78 is 6.39. The second kappa shape index (κ2) is 3.63. The van der Waals surface area contributed by atoms with Crippen molar-refractivity contribution < 1.29 is 9.53 Å². The Bertz CT molecular complexity index is 410. The van der Waals surface area contributed by atoms with Gasteiger partial charge in [-0.15, -0.1) is 0 Å². The summed E-state index contributed by atoms with van der Waals surface area (Å²) in [6.07, 6.45) is 1.71. The number of hydrogen-bond acceptors (Lipinski definition) is 2. The summed E-state index contributed by atoms with van der Waals surface area (Å²) in [5, 5.41) is 0. The van der Waals surface area contributed by atoms with Gasteiger partial charge < -0.3 is 4.74 Å². The van der Waals surface area contributed by atoms with E-state index in [1.165, 1.54) is 0 Å². The summed E-state index contributed by atoms with van der Waals surface area (Å²) in [7, 11) is 0. The van der Waals surface area contributed by atoms with Gasteiger partial charge in [0.05, 0.1) is 5.41 Å². The molecule has 2 rings (SSSR count). The topological polar surface area (TPSA) is 26.3 Å². The van der Waals surface area contributed by atoms with E-state index in [1.54, 1.807) is 0 Å². The lowest BCUT2D eigenvalue weighted by atomic mass is 9.87. The highest BCUT2D eigenvalue weighted by atomic mass is 79.9.